The lowest BCUT2D eigenvalue weighted by Crippen LogP contribution is -2.40. The van der Waals surface area contributed by atoms with Crippen LogP contribution in [0.3, 0.4) is 0 Å². The minimum Gasteiger partial charge on any atom is -0.394 e. The van der Waals surface area contributed by atoms with Crippen LogP contribution >= 0.6 is 0 Å². The molecular formula is C11H16N2O2. The van der Waals surface area contributed by atoms with Crippen molar-refractivity contribution in [2.24, 2.45) is 0 Å². The van der Waals surface area contributed by atoms with Crippen molar-refractivity contribution in [2.45, 2.75) is 6.04 Å². The van der Waals surface area contributed by atoms with Crippen LogP contribution < -0.4 is 0 Å². The summed E-state index contributed by atoms with van der Waals surface area (Å²) in [4.78, 5) is 6.50. The summed E-state index contributed by atoms with van der Waals surface area (Å²) in [6, 6.07) is 5.80. The van der Waals surface area contributed by atoms with Gasteiger partial charge < -0.3 is 9.84 Å². The fraction of sp³-hybridized carbons (Fsp3) is 0.545. The van der Waals surface area contributed by atoms with E-state index >= 15 is 0 Å². The molecule has 4 nitrogen and oxygen atoms in total. The van der Waals surface area contributed by atoms with Crippen LogP contribution in [0.2, 0.25) is 0 Å². The van der Waals surface area contributed by atoms with E-state index in [1.807, 2.05) is 18.2 Å². The van der Waals surface area contributed by atoms with Crippen molar-refractivity contribution in [1.82, 2.24) is 9.88 Å². The van der Waals surface area contributed by atoms with Gasteiger partial charge in [0, 0.05) is 19.3 Å². The molecule has 0 bridgehead atoms. The lowest BCUT2D eigenvalue weighted by molar-refractivity contribution is 0.00154. The van der Waals surface area contributed by atoms with Gasteiger partial charge in [-0.1, -0.05) is 6.07 Å². The summed E-state index contributed by atoms with van der Waals surface area (Å²) in [5.41, 5.74) is 0.932. The number of ether oxygens (including phenoxy) is 1. The van der Waals surface area contributed by atoms with Gasteiger partial charge in [-0.15, -0.1) is 0 Å². The fourth-order valence-corrected chi connectivity index (χ4v) is 1.86. The van der Waals surface area contributed by atoms with Gasteiger partial charge in [-0.2, -0.15) is 0 Å². The molecule has 0 aliphatic carbocycles. The van der Waals surface area contributed by atoms with E-state index in [0.717, 1.165) is 32.0 Å². The van der Waals surface area contributed by atoms with Gasteiger partial charge in [0.2, 0.25) is 0 Å². The third kappa shape index (κ3) is 2.53. The van der Waals surface area contributed by atoms with Crippen LogP contribution in [-0.4, -0.2) is 47.9 Å². The zero-order chi connectivity index (χ0) is 10.5. The summed E-state index contributed by atoms with van der Waals surface area (Å²) >= 11 is 0. The average Bonchev–Trinajstić information content (AvgIpc) is 2.33. The van der Waals surface area contributed by atoms with E-state index in [9.17, 15) is 5.11 Å². The van der Waals surface area contributed by atoms with Gasteiger partial charge in [-0.3, -0.25) is 9.88 Å². The van der Waals surface area contributed by atoms with Gasteiger partial charge in [-0.05, 0) is 12.1 Å². The maximum absolute atomic E-state index is 9.41. The Morgan fingerprint density at radius 3 is 2.80 bits per heavy atom. The van der Waals surface area contributed by atoms with E-state index in [2.05, 4.69) is 9.88 Å². The van der Waals surface area contributed by atoms with Crippen LogP contribution in [0.25, 0.3) is 0 Å². The molecule has 2 heterocycles. The Morgan fingerprint density at radius 2 is 2.20 bits per heavy atom. The first-order valence-electron chi connectivity index (χ1n) is 5.25. The summed E-state index contributed by atoms with van der Waals surface area (Å²) in [6.45, 7) is 3.31. The van der Waals surface area contributed by atoms with E-state index in [0.29, 0.717) is 0 Å². The Balaban J connectivity index is 2.09. The van der Waals surface area contributed by atoms with Crippen LogP contribution in [0.15, 0.2) is 24.4 Å². The van der Waals surface area contributed by atoms with Crippen molar-refractivity contribution in [3.63, 3.8) is 0 Å². The van der Waals surface area contributed by atoms with Crippen molar-refractivity contribution in [1.29, 1.82) is 0 Å². The van der Waals surface area contributed by atoms with Crippen LogP contribution in [0.4, 0.5) is 0 Å². The van der Waals surface area contributed by atoms with Gasteiger partial charge in [0.05, 0.1) is 31.6 Å². The molecule has 2 rings (SSSR count). The van der Waals surface area contributed by atoms with Gasteiger partial charge in [0.1, 0.15) is 0 Å². The maximum Gasteiger partial charge on any atom is 0.0756 e. The van der Waals surface area contributed by atoms with E-state index in [1.165, 1.54) is 0 Å². The number of aromatic nitrogens is 1. The second-order valence-corrected chi connectivity index (χ2v) is 3.60. The van der Waals surface area contributed by atoms with Crippen molar-refractivity contribution in [3.8, 4) is 0 Å². The van der Waals surface area contributed by atoms with E-state index in [-0.39, 0.29) is 12.6 Å². The predicted octanol–water partition coefficient (Wildman–Crippen LogP) is 0.447. The monoisotopic (exact) mass is 208 g/mol. The highest BCUT2D eigenvalue weighted by atomic mass is 16.5. The molecule has 0 saturated carbocycles. The number of pyridine rings is 1. The lowest BCUT2D eigenvalue weighted by Gasteiger charge is -2.32. The molecule has 0 aromatic carbocycles. The second-order valence-electron chi connectivity index (χ2n) is 3.60. The first kappa shape index (κ1) is 10.5. The smallest absolute Gasteiger partial charge is 0.0756 e. The Bertz CT molecular complexity index is 286. The molecule has 1 aromatic rings. The number of hydrogen-bond acceptors (Lipinski definition) is 4. The van der Waals surface area contributed by atoms with E-state index in [1.54, 1.807) is 6.20 Å². The molecule has 1 atom stereocenters. The minimum atomic E-state index is 0.00935. The predicted molar refractivity (Wildman–Crippen MR) is 56.5 cm³/mol. The SMILES string of the molecule is OCC(c1ccccn1)N1CCOCC1. The first-order chi connectivity index (χ1) is 7.42. The quantitative estimate of drug-likeness (QED) is 0.783. The number of aliphatic hydroxyl groups is 1. The van der Waals surface area contributed by atoms with E-state index in [4.69, 9.17) is 4.74 Å². The highest BCUT2D eigenvalue weighted by Gasteiger charge is 2.22. The van der Waals surface area contributed by atoms with Gasteiger partial charge >= 0.3 is 0 Å². The average molecular weight is 208 g/mol. The highest BCUT2D eigenvalue weighted by Crippen LogP contribution is 2.18. The molecule has 1 aliphatic rings. The highest BCUT2D eigenvalue weighted by molar-refractivity contribution is 5.09. The largest absolute Gasteiger partial charge is 0.394 e. The molecule has 1 N–H and O–H groups in total. The molecular weight excluding hydrogens is 192 g/mol. The number of rotatable bonds is 3. The summed E-state index contributed by atoms with van der Waals surface area (Å²) in [7, 11) is 0. The number of nitrogens with zero attached hydrogens (tertiary/aromatic N) is 2. The molecule has 1 unspecified atom stereocenters. The first-order valence-corrected chi connectivity index (χ1v) is 5.25. The molecule has 1 fully saturated rings. The van der Waals surface area contributed by atoms with Crippen LogP contribution in [0, 0.1) is 0 Å². The summed E-state index contributed by atoms with van der Waals surface area (Å²) < 4.78 is 5.29. The number of aliphatic hydroxyl groups excluding tert-OH is 1. The van der Waals surface area contributed by atoms with E-state index < -0.39 is 0 Å². The Labute approximate surface area is 89.5 Å². The van der Waals surface area contributed by atoms with Crippen LogP contribution in [0.5, 0.6) is 0 Å². The van der Waals surface area contributed by atoms with Crippen molar-refractivity contribution >= 4 is 0 Å². The summed E-state index contributed by atoms with van der Waals surface area (Å²) in [5.74, 6) is 0. The maximum atomic E-state index is 9.41. The number of morpholine rings is 1. The molecule has 1 aliphatic heterocycles. The molecule has 4 heteroatoms. The molecule has 1 aromatic heterocycles. The third-order valence-electron chi connectivity index (χ3n) is 2.69. The Hall–Kier alpha value is -0.970. The molecule has 15 heavy (non-hydrogen) atoms. The van der Waals surface area contributed by atoms with Crippen molar-refractivity contribution in [2.75, 3.05) is 32.9 Å². The molecule has 0 amide bonds. The van der Waals surface area contributed by atoms with Gasteiger partial charge in [-0.25, -0.2) is 0 Å². The van der Waals surface area contributed by atoms with Crippen LogP contribution in [-0.2, 0) is 4.74 Å². The summed E-state index contributed by atoms with van der Waals surface area (Å²) in [5, 5.41) is 9.41. The van der Waals surface area contributed by atoms with Crippen molar-refractivity contribution in [3.05, 3.63) is 30.1 Å². The zero-order valence-corrected chi connectivity index (χ0v) is 8.67. The second kappa shape index (κ2) is 5.21. The standard InChI is InChI=1S/C11H16N2O2/c14-9-11(10-3-1-2-4-12-10)13-5-7-15-8-6-13/h1-4,11,14H,5-9H2. The Morgan fingerprint density at radius 1 is 1.40 bits per heavy atom. The fourth-order valence-electron chi connectivity index (χ4n) is 1.86. The molecule has 0 radical (unpaired) electrons. The number of hydrogen-bond donors (Lipinski definition) is 1. The van der Waals surface area contributed by atoms with Gasteiger partial charge in [0.15, 0.2) is 0 Å². The minimum absolute atomic E-state index is 0.00935. The molecule has 82 valence electrons. The topological polar surface area (TPSA) is 45.6 Å². The van der Waals surface area contributed by atoms with Gasteiger partial charge in [0.25, 0.3) is 0 Å². The van der Waals surface area contributed by atoms with Crippen LogP contribution in [0.1, 0.15) is 11.7 Å². The van der Waals surface area contributed by atoms with Crippen molar-refractivity contribution < 1.29 is 9.84 Å². The molecule has 0 spiro atoms. The molecule has 1 saturated heterocycles. The third-order valence-corrected chi connectivity index (χ3v) is 2.69. The normalized spacial score (nSPS) is 20.1. The zero-order valence-electron chi connectivity index (χ0n) is 8.67. The Kier molecular flexibility index (Phi) is 3.66. The summed E-state index contributed by atoms with van der Waals surface area (Å²) in [6.07, 6.45) is 1.76. The lowest BCUT2D eigenvalue weighted by atomic mass is 10.1.